The Balaban J connectivity index is 2.21. The first-order chi connectivity index (χ1) is 7.03. The van der Waals surface area contributed by atoms with Gasteiger partial charge in [-0.15, -0.1) is 0 Å². The second kappa shape index (κ2) is 2.55. The molecule has 2 heteroatoms. The fourth-order valence-corrected chi connectivity index (χ4v) is 2.68. The molecule has 0 amide bonds. The van der Waals surface area contributed by atoms with Gasteiger partial charge in [0.05, 0.1) is 0 Å². The van der Waals surface area contributed by atoms with Crippen molar-refractivity contribution in [3.05, 3.63) is 23.4 Å². The number of hydrogen-bond acceptors (Lipinski definition) is 2. The summed E-state index contributed by atoms with van der Waals surface area (Å²) in [6.45, 7) is 7.97. The Hall–Kier alpha value is -1.05. The molecule has 2 aliphatic rings. The second-order valence-corrected chi connectivity index (χ2v) is 5.97. The fraction of sp³-hybridized carbons (Fsp3) is 0.615. The molecule has 1 aliphatic heterocycles. The van der Waals surface area contributed by atoms with Crippen molar-refractivity contribution in [1.29, 1.82) is 0 Å². The van der Waals surface area contributed by atoms with Crippen molar-refractivity contribution in [3.8, 4) is 0 Å². The monoisotopic (exact) mass is 202 g/mol. The van der Waals surface area contributed by atoms with E-state index in [9.17, 15) is 0 Å². The predicted molar refractivity (Wildman–Crippen MR) is 62.3 cm³/mol. The minimum absolute atomic E-state index is 0.231. The van der Waals surface area contributed by atoms with Gasteiger partial charge in [-0.2, -0.15) is 0 Å². The Morgan fingerprint density at radius 1 is 1.33 bits per heavy atom. The average molecular weight is 202 g/mol. The van der Waals surface area contributed by atoms with Crippen molar-refractivity contribution < 1.29 is 0 Å². The lowest BCUT2D eigenvalue weighted by atomic mass is 9.80. The summed E-state index contributed by atoms with van der Waals surface area (Å²) in [7, 11) is 0. The van der Waals surface area contributed by atoms with Crippen molar-refractivity contribution in [2.75, 3.05) is 11.9 Å². The van der Waals surface area contributed by atoms with Gasteiger partial charge >= 0.3 is 0 Å². The molecule has 0 aromatic carbocycles. The zero-order valence-electron chi connectivity index (χ0n) is 9.72. The zero-order valence-corrected chi connectivity index (χ0v) is 9.72. The number of hydrogen-bond donors (Lipinski definition) is 1. The van der Waals surface area contributed by atoms with E-state index in [1.165, 1.54) is 24.0 Å². The topological polar surface area (TPSA) is 24.9 Å². The van der Waals surface area contributed by atoms with Gasteiger partial charge in [-0.05, 0) is 29.9 Å². The molecule has 3 rings (SSSR count). The normalized spacial score (nSPS) is 21.3. The van der Waals surface area contributed by atoms with E-state index >= 15 is 0 Å². The first-order valence-corrected chi connectivity index (χ1v) is 5.77. The highest BCUT2D eigenvalue weighted by molar-refractivity contribution is 5.62. The van der Waals surface area contributed by atoms with Gasteiger partial charge in [-0.25, -0.2) is 4.98 Å². The Morgan fingerprint density at radius 3 is 2.67 bits per heavy atom. The zero-order chi connectivity index (χ0) is 10.7. The van der Waals surface area contributed by atoms with Crippen LogP contribution in [0.25, 0.3) is 0 Å². The first-order valence-electron chi connectivity index (χ1n) is 5.77. The van der Waals surface area contributed by atoms with Gasteiger partial charge in [0.25, 0.3) is 0 Å². The van der Waals surface area contributed by atoms with Crippen molar-refractivity contribution in [2.24, 2.45) is 0 Å². The van der Waals surface area contributed by atoms with E-state index in [1.807, 2.05) is 6.20 Å². The van der Waals surface area contributed by atoms with Crippen molar-refractivity contribution in [1.82, 2.24) is 4.98 Å². The maximum atomic E-state index is 4.46. The number of pyridine rings is 1. The van der Waals surface area contributed by atoms with Gasteiger partial charge in [0, 0.05) is 23.7 Å². The van der Waals surface area contributed by atoms with Gasteiger partial charge in [-0.3, -0.25) is 0 Å². The molecule has 1 saturated carbocycles. The molecule has 80 valence electrons. The third-order valence-electron chi connectivity index (χ3n) is 3.74. The molecule has 1 aromatic heterocycles. The van der Waals surface area contributed by atoms with Gasteiger partial charge in [0.15, 0.2) is 0 Å². The molecule has 0 bridgehead atoms. The largest absolute Gasteiger partial charge is 0.369 e. The lowest BCUT2D eigenvalue weighted by Crippen LogP contribution is -2.18. The summed E-state index contributed by atoms with van der Waals surface area (Å²) < 4.78 is 0. The van der Waals surface area contributed by atoms with Crippen LogP contribution in [-0.4, -0.2) is 11.5 Å². The number of nitrogens with one attached hydrogen (secondary N) is 1. The third kappa shape index (κ3) is 1.20. The van der Waals surface area contributed by atoms with Gasteiger partial charge in [0.2, 0.25) is 0 Å². The molecule has 1 fully saturated rings. The Bertz CT molecular complexity index is 411. The molecule has 0 radical (unpaired) electrons. The summed E-state index contributed by atoms with van der Waals surface area (Å²) in [4.78, 5) is 4.46. The van der Waals surface area contributed by atoms with Crippen LogP contribution in [0.1, 0.15) is 44.7 Å². The van der Waals surface area contributed by atoms with Crippen LogP contribution in [0.5, 0.6) is 0 Å². The van der Waals surface area contributed by atoms with Gasteiger partial charge < -0.3 is 5.32 Å². The molecule has 0 atom stereocenters. The van der Waals surface area contributed by atoms with Gasteiger partial charge in [-0.1, -0.05) is 20.8 Å². The smallest absolute Gasteiger partial charge is 0.130 e. The number of anilines is 1. The number of fused-ring (bicyclic) bond motifs is 2. The van der Waals surface area contributed by atoms with E-state index in [4.69, 9.17) is 0 Å². The maximum Gasteiger partial charge on any atom is 0.130 e. The van der Waals surface area contributed by atoms with E-state index in [0.717, 1.165) is 12.4 Å². The average Bonchev–Trinajstić information content (AvgIpc) is 2.83. The SMILES string of the molecule is CC(C)(C)c1ccnc2c1C1(CC1)CN2. The molecule has 0 unspecified atom stereocenters. The number of aromatic nitrogens is 1. The molecule has 15 heavy (non-hydrogen) atoms. The lowest BCUT2D eigenvalue weighted by molar-refractivity contribution is 0.573. The number of rotatable bonds is 0. The molecule has 1 aliphatic carbocycles. The van der Waals surface area contributed by atoms with Crippen LogP contribution in [0, 0.1) is 0 Å². The van der Waals surface area contributed by atoms with E-state index in [1.54, 1.807) is 0 Å². The van der Waals surface area contributed by atoms with Crippen LogP contribution in [0.15, 0.2) is 12.3 Å². The summed E-state index contributed by atoms with van der Waals surface area (Å²) in [5.74, 6) is 1.14. The van der Waals surface area contributed by atoms with E-state index < -0.39 is 0 Å². The minimum atomic E-state index is 0.231. The molecule has 0 saturated heterocycles. The molecular formula is C13H18N2. The second-order valence-electron chi connectivity index (χ2n) is 5.97. The quantitative estimate of drug-likeness (QED) is 0.699. The lowest BCUT2D eigenvalue weighted by Gasteiger charge is -2.24. The van der Waals surface area contributed by atoms with E-state index in [0.29, 0.717) is 5.41 Å². The maximum absolute atomic E-state index is 4.46. The van der Waals surface area contributed by atoms with Crippen LogP contribution < -0.4 is 5.32 Å². The first kappa shape index (κ1) is 9.20. The molecular weight excluding hydrogens is 184 g/mol. The van der Waals surface area contributed by atoms with Crippen LogP contribution in [0.3, 0.4) is 0 Å². The standard InChI is InChI=1S/C13H18N2/c1-12(2,3)9-4-7-14-11-10(9)13(5-6-13)8-15-11/h4,7H,5-6,8H2,1-3H3,(H,14,15). The minimum Gasteiger partial charge on any atom is -0.369 e. The highest BCUT2D eigenvalue weighted by Gasteiger charge is 2.51. The summed E-state index contributed by atoms with van der Waals surface area (Å²) in [5, 5.41) is 3.45. The summed E-state index contributed by atoms with van der Waals surface area (Å²) in [6, 6.07) is 2.20. The van der Waals surface area contributed by atoms with Crippen molar-refractivity contribution in [2.45, 2.75) is 44.4 Å². The van der Waals surface area contributed by atoms with E-state index in [-0.39, 0.29) is 5.41 Å². The van der Waals surface area contributed by atoms with Crippen molar-refractivity contribution in [3.63, 3.8) is 0 Å². The molecule has 1 spiro atoms. The Labute approximate surface area is 91.1 Å². The van der Waals surface area contributed by atoms with Gasteiger partial charge in [0.1, 0.15) is 5.82 Å². The highest BCUT2D eigenvalue weighted by Crippen LogP contribution is 2.56. The predicted octanol–water partition coefficient (Wildman–Crippen LogP) is 2.84. The fourth-order valence-electron chi connectivity index (χ4n) is 2.68. The summed E-state index contributed by atoms with van der Waals surface area (Å²) >= 11 is 0. The highest BCUT2D eigenvalue weighted by atomic mass is 15.0. The van der Waals surface area contributed by atoms with E-state index in [2.05, 4.69) is 37.1 Å². The molecule has 1 N–H and O–H groups in total. The molecule has 2 nitrogen and oxygen atoms in total. The van der Waals surface area contributed by atoms with Crippen LogP contribution >= 0.6 is 0 Å². The summed E-state index contributed by atoms with van der Waals surface area (Å²) in [6.07, 6.45) is 4.61. The van der Waals surface area contributed by atoms with Crippen LogP contribution in [-0.2, 0) is 10.8 Å². The van der Waals surface area contributed by atoms with Crippen LogP contribution in [0.2, 0.25) is 0 Å². The molecule has 1 aromatic rings. The Morgan fingerprint density at radius 2 is 2.07 bits per heavy atom. The summed E-state index contributed by atoms with van der Waals surface area (Å²) in [5.41, 5.74) is 3.67. The third-order valence-corrected chi connectivity index (χ3v) is 3.74. The van der Waals surface area contributed by atoms with Crippen LogP contribution in [0.4, 0.5) is 5.82 Å². The number of nitrogens with zero attached hydrogens (tertiary/aromatic N) is 1. The molecule has 2 heterocycles. The van der Waals surface area contributed by atoms with Crippen molar-refractivity contribution >= 4 is 5.82 Å². The Kier molecular flexibility index (Phi) is 1.56.